The van der Waals surface area contributed by atoms with Gasteiger partial charge < -0.3 is 9.64 Å². The van der Waals surface area contributed by atoms with Crippen molar-refractivity contribution in [1.82, 2.24) is 9.88 Å². The van der Waals surface area contributed by atoms with E-state index in [9.17, 15) is 4.79 Å². The van der Waals surface area contributed by atoms with Crippen LogP contribution in [0.4, 0.5) is 9.93 Å². The molecule has 7 heteroatoms. The normalized spacial score (nSPS) is 25.4. The van der Waals surface area contributed by atoms with Gasteiger partial charge in [-0.3, -0.25) is 5.32 Å². The number of aromatic nitrogens is 1. The van der Waals surface area contributed by atoms with Crippen LogP contribution in [0, 0.1) is 0 Å². The lowest BCUT2D eigenvalue weighted by Gasteiger charge is -2.42. The molecule has 2 fully saturated rings. The zero-order valence-corrected chi connectivity index (χ0v) is 16.0. The van der Waals surface area contributed by atoms with Crippen LogP contribution in [0.2, 0.25) is 0 Å². The maximum absolute atomic E-state index is 13.0. The van der Waals surface area contributed by atoms with Gasteiger partial charge in [0.1, 0.15) is 0 Å². The molecule has 0 aliphatic heterocycles. The molecule has 0 unspecified atom stereocenters. The van der Waals surface area contributed by atoms with Gasteiger partial charge in [-0.25, -0.2) is 9.78 Å². The van der Waals surface area contributed by atoms with Crippen LogP contribution in [0.15, 0.2) is 10.4 Å². The van der Waals surface area contributed by atoms with Crippen molar-refractivity contribution in [1.29, 1.82) is 0 Å². The predicted molar refractivity (Wildman–Crippen MR) is 100 cm³/mol. The Balaban J connectivity index is 1.70. The summed E-state index contributed by atoms with van der Waals surface area (Å²) in [4.78, 5) is 19.3. The van der Waals surface area contributed by atoms with Gasteiger partial charge in [0.25, 0.3) is 0 Å². The molecule has 0 saturated heterocycles. The molecule has 0 radical (unpaired) electrons. The number of carbonyl (C=O) groups excluding carboxylic acids is 1. The topological polar surface area (TPSA) is 54.5 Å². The number of nitrogens with one attached hydrogen (secondary N) is 1. The van der Waals surface area contributed by atoms with E-state index in [1.807, 2.05) is 0 Å². The lowest BCUT2D eigenvalue weighted by Crippen LogP contribution is -2.51. The molecular formula is C17H27N3O2S2. The van der Waals surface area contributed by atoms with Crippen LogP contribution in [0.5, 0.6) is 0 Å². The maximum Gasteiger partial charge on any atom is 0.324 e. The van der Waals surface area contributed by atoms with E-state index in [0.29, 0.717) is 23.3 Å². The van der Waals surface area contributed by atoms with E-state index in [4.69, 9.17) is 4.74 Å². The van der Waals surface area contributed by atoms with Gasteiger partial charge in [-0.1, -0.05) is 30.6 Å². The highest BCUT2D eigenvalue weighted by Gasteiger charge is 2.34. The fourth-order valence-electron chi connectivity index (χ4n) is 4.03. The monoisotopic (exact) mass is 369 g/mol. The third kappa shape index (κ3) is 4.43. The molecule has 0 spiro atoms. The second kappa shape index (κ2) is 8.54. The van der Waals surface area contributed by atoms with Gasteiger partial charge in [-0.2, -0.15) is 0 Å². The molecule has 0 aromatic carbocycles. The molecule has 2 aliphatic rings. The van der Waals surface area contributed by atoms with Crippen LogP contribution in [0.25, 0.3) is 0 Å². The van der Waals surface area contributed by atoms with Crippen molar-refractivity contribution >= 4 is 35.1 Å². The number of hydrogen-bond acceptors (Lipinski definition) is 5. The van der Waals surface area contributed by atoms with Crippen molar-refractivity contribution in [2.75, 3.05) is 12.4 Å². The van der Waals surface area contributed by atoms with Crippen LogP contribution in [-0.4, -0.2) is 41.2 Å². The minimum absolute atomic E-state index is 0.00505. The van der Waals surface area contributed by atoms with Crippen molar-refractivity contribution < 1.29 is 9.53 Å². The summed E-state index contributed by atoms with van der Waals surface area (Å²) >= 11 is 5.69. The van der Waals surface area contributed by atoms with Gasteiger partial charge >= 0.3 is 6.03 Å². The van der Waals surface area contributed by atoms with E-state index in [0.717, 1.165) is 42.7 Å². The lowest BCUT2D eigenvalue weighted by molar-refractivity contribution is 0.0353. The molecule has 2 amide bonds. The largest absolute Gasteiger partial charge is 0.381 e. The number of amides is 2. The summed E-state index contributed by atoms with van der Waals surface area (Å²) < 4.78 is 6.30. The minimum atomic E-state index is 0.00505. The molecular weight excluding hydrogens is 342 g/mol. The second-order valence-corrected chi connectivity index (χ2v) is 8.61. The molecule has 2 saturated carbocycles. The smallest absolute Gasteiger partial charge is 0.324 e. The van der Waals surface area contributed by atoms with Crippen LogP contribution in [0.3, 0.4) is 0 Å². The lowest BCUT2D eigenvalue weighted by atomic mass is 9.88. The first-order chi connectivity index (χ1) is 11.7. The summed E-state index contributed by atoms with van der Waals surface area (Å²) in [5.41, 5.74) is 0. The van der Waals surface area contributed by atoms with E-state index >= 15 is 0 Å². The SMILES string of the molecule is COC1CCC(N(C(=O)Nc2ncc(S)s2)C2CCCCC2)CC1. The van der Waals surface area contributed by atoms with Gasteiger partial charge in [0.05, 0.1) is 16.5 Å². The van der Waals surface area contributed by atoms with E-state index in [1.54, 1.807) is 13.3 Å². The minimum Gasteiger partial charge on any atom is -0.381 e. The molecule has 1 aromatic rings. The van der Waals surface area contributed by atoms with Crippen molar-refractivity contribution in [3.8, 4) is 0 Å². The predicted octanol–water partition coefficient (Wildman–Crippen LogP) is 4.56. The number of rotatable bonds is 4. The number of hydrogen-bond donors (Lipinski definition) is 2. The van der Waals surface area contributed by atoms with Gasteiger partial charge in [0, 0.05) is 19.2 Å². The summed E-state index contributed by atoms with van der Waals surface area (Å²) in [6.45, 7) is 0. The van der Waals surface area contributed by atoms with Crippen molar-refractivity contribution in [2.45, 2.75) is 80.2 Å². The fourth-order valence-corrected chi connectivity index (χ4v) is 4.89. The third-order valence-corrected chi connectivity index (χ3v) is 6.39. The average Bonchev–Trinajstić information content (AvgIpc) is 3.01. The first-order valence-corrected chi connectivity index (χ1v) is 10.2. The number of methoxy groups -OCH3 is 1. The van der Waals surface area contributed by atoms with Crippen LogP contribution in [0.1, 0.15) is 57.8 Å². The molecule has 0 atom stereocenters. The number of urea groups is 1. The number of carbonyl (C=O) groups is 1. The Bertz CT molecular complexity index is 538. The van der Waals surface area contributed by atoms with E-state index < -0.39 is 0 Å². The summed E-state index contributed by atoms with van der Waals surface area (Å²) in [6.07, 6.45) is 12.1. The van der Waals surface area contributed by atoms with Crippen LogP contribution in [-0.2, 0) is 4.74 Å². The second-order valence-electron chi connectivity index (χ2n) is 6.80. The Morgan fingerprint density at radius 1 is 1.21 bits per heavy atom. The molecule has 3 rings (SSSR count). The summed E-state index contributed by atoms with van der Waals surface area (Å²) in [5, 5.41) is 3.63. The van der Waals surface area contributed by atoms with Gasteiger partial charge in [0.2, 0.25) is 0 Å². The number of thiazole rings is 1. The molecule has 24 heavy (non-hydrogen) atoms. The quantitative estimate of drug-likeness (QED) is 0.765. The number of nitrogens with zero attached hydrogens (tertiary/aromatic N) is 2. The zero-order valence-electron chi connectivity index (χ0n) is 14.2. The van der Waals surface area contributed by atoms with E-state index in [-0.39, 0.29) is 6.03 Å². The fraction of sp³-hybridized carbons (Fsp3) is 0.765. The van der Waals surface area contributed by atoms with Gasteiger partial charge in [-0.05, 0) is 38.5 Å². The van der Waals surface area contributed by atoms with Gasteiger partial charge in [0.15, 0.2) is 5.13 Å². The Labute approximate surface area is 153 Å². The Morgan fingerprint density at radius 2 is 1.88 bits per heavy atom. The van der Waals surface area contributed by atoms with E-state index in [2.05, 4.69) is 27.8 Å². The summed E-state index contributed by atoms with van der Waals surface area (Å²) in [7, 11) is 1.79. The molecule has 2 aliphatic carbocycles. The van der Waals surface area contributed by atoms with Crippen molar-refractivity contribution in [3.63, 3.8) is 0 Å². The number of ether oxygens (including phenoxy) is 1. The molecule has 1 heterocycles. The Hall–Kier alpha value is -0.790. The maximum atomic E-state index is 13.0. The molecule has 1 aromatic heterocycles. The van der Waals surface area contributed by atoms with Gasteiger partial charge in [-0.15, -0.1) is 12.6 Å². The summed E-state index contributed by atoms with van der Waals surface area (Å²) in [5.74, 6) is 0. The van der Waals surface area contributed by atoms with Crippen molar-refractivity contribution in [3.05, 3.63) is 6.20 Å². The zero-order chi connectivity index (χ0) is 16.9. The summed E-state index contributed by atoms with van der Waals surface area (Å²) in [6, 6.07) is 0.679. The highest BCUT2D eigenvalue weighted by molar-refractivity contribution is 7.83. The highest BCUT2D eigenvalue weighted by Crippen LogP contribution is 2.32. The number of thiol groups is 1. The first-order valence-electron chi connectivity index (χ1n) is 8.94. The molecule has 1 N–H and O–H groups in total. The number of anilines is 1. The first kappa shape index (κ1) is 18.0. The Kier molecular flexibility index (Phi) is 6.41. The third-order valence-electron chi connectivity index (χ3n) is 5.28. The van der Waals surface area contributed by atoms with Crippen LogP contribution < -0.4 is 5.32 Å². The standard InChI is InChI=1S/C17H27N3O2S2/c1-22-14-9-7-13(8-10-14)20(12-5-3-2-4-6-12)17(21)19-16-18-11-15(23)24-16/h11-14,23H,2-10H2,1H3,(H,18,19,21). The molecule has 5 nitrogen and oxygen atoms in total. The van der Waals surface area contributed by atoms with E-state index in [1.165, 1.54) is 30.6 Å². The molecule has 0 bridgehead atoms. The highest BCUT2D eigenvalue weighted by atomic mass is 32.2. The molecule has 134 valence electrons. The van der Waals surface area contributed by atoms with Crippen molar-refractivity contribution in [2.24, 2.45) is 0 Å². The Morgan fingerprint density at radius 3 is 2.46 bits per heavy atom. The average molecular weight is 370 g/mol. The van der Waals surface area contributed by atoms with Crippen LogP contribution >= 0.6 is 24.0 Å².